The molecule has 16 heavy (non-hydrogen) atoms. The zero-order valence-corrected chi connectivity index (χ0v) is 9.69. The Morgan fingerprint density at radius 1 is 1.38 bits per heavy atom. The second kappa shape index (κ2) is 7.01. The third-order valence-corrected chi connectivity index (χ3v) is 2.34. The lowest BCUT2D eigenvalue weighted by Gasteiger charge is -2.10. The molecule has 1 aromatic rings. The molecule has 0 spiro atoms. The molecule has 88 valence electrons. The van der Waals surface area contributed by atoms with Gasteiger partial charge < -0.3 is 10.5 Å². The molecule has 0 saturated heterocycles. The molecule has 0 radical (unpaired) electrons. The Balaban J connectivity index is 2.29. The van der Waals surface area contributed by atoms with Crippen LogP contribution < -0.4 is 5.73 Å². The van der Waals surface area contributed by atoms with Crippen molar-refractivity contribution in [2.24, 2.45) is 5.73 Å². The first-order valence-electron chi connectivity index (χ1n) is 5.70. The summed E-state index contributed by atoms with van der Waals surface area (Å²) in [5, 5.41) is 0. The zero-order valence-electron chi connectivity index (χ0n) is 9.69. The van der Waals surface area contributed by atoms with Crippen LogP contribution in [-0.4, -0.2) is 18.6 Å². The quantitative estimate of drug-likeness (QED) is 0.746. The number of esters is 1. The molecule has 0 unspecified atom stereocenters. The number of hydrogen-bond acceptors (Lipinski definition) is 3. The normalized spacial score (nSPS) is 12.1. The van der Waals surface area contributed by atoms with Gasteiger partial charge in [0.15, 0.2) is 0 Å². The number of carbonyl (C=O) groups is 1. The van der Waals surface area contributed by atoms with Gasteiger partial charge in [0.1, 0.15) is 6.04 Å². The fourth-order valence-electron chi connectivity index (χ4n) is 1.39. The Hall–Kier alpha value is -1.35. The molecule has 0 fully saturated rings. The summed E-state index contributed by atoms with van der Waals surface area (Å²) in [5.41, 5.74) is 6.93. The maximum atomic E-state index is 11.4. The molecule has 0 aliphatic rings. The van der Waals surface area contributed by atoms with Crippen LogP contribution in [0.15, 0.2) is 30.3 Å². The minimum Gasteiger partial charge on any atom is -0.465 e. The lowest BCUT2D eigenvalue weighted by Crippen LogP contribution is -2.32. The molecule has 0 bridgehead atoms. The summed E-state index contributed by atoms with van der Waals surface area (Å²) in [7, 11) is 0. The molecule has 1 atom stereocenters. The first-order chi connectivity index (χ1) is 7.74. The van der Waals surface area contributed by atoms with E-state index in [1.54, 1.807) is 0 Å². The molecule has 3 nitrogen and oxygen atoms in total. The van der Waals surface area contributed by atoms with Gasteiger partial charge in [0.05, 0.1) is 6.61 Å². The van der Waals surface area contributed by atoms with Crippen molar-refractivity contribution in [3.8, 4) is 0 Å². The van der Waals surface area contributed by atoms with Crippen LogP contribution in [0.4, 0.5) is 0 Å². The number of hydrogen-bond donors (Lipinski definition) is 1. The Kier molecular flexibility index (Phi) is 5.57. The van der Waals surface area contributed by atoms with Gasteiger partial charge in [-0.05, 0) is 24.8 Å². The monoisotopic (exact) mass is 221 g/mol. The summed E-state index contributed by atoms with van der Waals surface area (Å²) in [6.07, 6.45) is 2.27. The highest BCUT2D eigenvalue weighted by Gasteiger charge is 2.14. The van der Waals surface area contributed by atoms with Crippen LogP contribution in [-0.2, 0) is 16.0 Å². The average Bonchev–Trinajstić information content (AvgIpc) is 2.34. The highest BCUT2D eigenvalue weighted by molar-refractivity contribution is 5.75. The molecule has 0 amide bonds. The van der Waals surface area contributed by atoms with Crippen LogP contribution in [0.5, 0.6) is 0 Å². The van der Waals surface area contributed by atoms with E-state index in [9.17, 15) is 4.79 Å². The standard InChI is InChI=1S/C13H19NO2/c1-2-10-16-13(15)12(14)9-8-11-6-4-3-5-7-11/h3-7,12H,2,8-10,14H2,1H3/t12-/m0/s1. The number of nitrogens with two attached hydrogens (primary N) is 1. The molecule has 1 aromatic carbocycles. The summed E-state index contributed by atoms with van der Waals surface area (Å²) >= 11 is 0. The minimum absolute atomic E-state index is 0.294. The van der Waals surface area contributed by atoms with Crippen molar-refractivity contribution in [2.45, 2.75) is 32.2 Å². The maximum Gasteiger partial charge on any atom is 0.322 e. The largest absolute Gasteiger partial charge is 0.465 e. The van der Waals surface area contributed by atoms with E-state index < -0.39 is 6.04 Å². The number of ether oxygens (including phenoxy) is 1. The predicted molar refractivity (Wildman–Crippen MR) is 64.0 cm³/mol. The van der Waals surface area contributed by atoms with Gasteiger partial charge in [-0.2, -0.15) is 0 Å². The SMILES string of the molecule is CCCOC(=O)[C@@H](N)CCc1ccccc1. The summed E-state index contributed by atoms with van der Waals surface area (Å²) in [5.74, 6) is -0.294. The van der Waals surface area contributed by atoms with Crippen LogP contribution in [0.3, 0.4) is 0 Å². The van der Waals surface area contributed by atoms with Crippen LogP contribution in [0.1, 0.15) is 25.3 Å². The molecule has 0 aliphatic heterocycles. The Morgan fingerprint density at radius 3 is 2.69 bits per heavy atom. The summed E-state index contributed by atoms with van der Waals surface area (Å²) in [6.45, 7) is 2.42. The van der Waals surface area contributed by atoms with Gasteiger partial charge in [-0.1, -0.05) is 37.3 Å². The summed E-state index contributed by atoms with van der Waals surface area (Å²) in [6, 6.07) is 9.49. The van der Waals surface area contributed by atoms with Crippen molar-refractivity contribution in [2.75, 3.05) is 6.61 Å². The van der Waals surface area contributed by atoms with E-state index in [1.807, 2.05) is 37.3 Å². The average molecular weight is 221 g/mol. The van der Waals surface area contributed by atoms with E-state index in [1.165, 1.54) is 5.56 Å². The summed E-state index contributed by atoms with van der Waals surface area (Å²) in [4.78, 5) is 11.4. The van der Waals surface area contributed by atoms with Crippen molar-refractivity contribution >= 4 is 5.97 Å². The fourth-order valence-corrected chi connectivity index (χ4v) is 1.39. The van der Waals surface area contributed by atoms with Crippen molar-refractivity contribution in [3.63, 3.8) is 0 Å². The van der Waals surface area contributed by atoms with Crippen molar-refractivity contribution in [1.82, 2.24) is 0 Å². The van der Waals surface area contributed by atoms with Crippen LogP contribution in [0, 0.1) is 0 Å². The third kappa shape index (κ3) is 4.45. The molecule has 3 heteroatoms. The molecule has 1 rings (SSSR count). The number of aryl methyl sites for hydroxylation is 1. The van der Waals surface area contributed by atoms with E-state index >= 15 is 0 Å². The lowest BCUT2D eigenvalue weighted by molar-refractivity contribution is -0.145. The van der Waals surface area contributed by atoms with E-state index in [0.717, 1.165) is 12.8 Å². The maximum absolute atomic E-state index is 11.4. The summed E-state index contributed by atoms with van der Waals surface area (Å²) < 4.78 is 4.98. The van der Waals surface area contributed by atoms with Crippen LogP contribution in [0.25, 0.3) is 0 Å². The van der Waals surface area contributed by atoms with Gasteiger partial charge in [-0.15, -0.1) is 0 Å². The minimum atomic E-state index is -0.508. The molecule has 0 saturated carbocycles. The highest BCUT2D eigenvalue weighted by atomic mass is 16.5. The molecule has 0 aliphatic carbocycles. The second-order valence-corrected chi connectivity index (χ2v) is 3.80. The van der Waals surface area contributed by atoms with Gasteiger partial charge in [-0.25, -0.2) is 0 Å². The van der Waals surface area contributed by atoms with E-state index in [-0.39, 0.29) is 5.97 Å². The van der Waals surface area contributed by atoms with Gasteiger partial charge in [0.2, 0.25) is 0 Å². The van der Waals surface area contributed by atoms with E-state index in [2.05, 4.69) is 0 Å². The first kappa shape index (κ1) is 12.7. The van der Waals surface area contributed by atoms with E-state index in [0.29, 0.717) is 13.0 Å². The lowest BCUT2D eigenvalue weighted by atomic mass is 10.1. The fraction of sp³-hybridized carbons (Fsp3) is 0.462. The van der Waals surface area contributed by atoms with Gasteiger partial charge in [0, 0.05) is 0 Å². The van der Waals surface area contributed by atoms with Crippen molar-refractivity contribution in [3.05, 3.63) is 35.9 Å². The second-order valence-electron chi connectivity index (χ2n) is 3.80. The smallest absolute Gasteiger partial charge is 0.322 e. The molecular formula is C13H19NO2. The van der Waals surface area contributed by atoms with Crippen LogP contribution in [0.2, 0.25) is 0 Å². The molecular weight excluding hydrogens is 202 g/mol. The molecule has 2 N–H and O–H groups in total. The highest BCUT2D eigenvalue weighted by Crippen LogP contribution is 2.04. The zero-order chi connectivity index (χ0) is 11.8. The van der Waals surface area contributed by atoms with E-state index in [4.69, 9.17) is 10.5 Å². The Bertz CT molecular complexity index is 311. The number of rotatable bonds is 6. The van der Waals surface area contributed by atoms with Crippen molar-refractivity contribution in [1.29, 1.82) is 0 Å². The first-order valence-corrected chi connectivity index (χ1v) is 5.70. The Morgan fingerprint density at radius 2 is 2.06 bits per heavy atom. The third-order valence-electron chi connectivity index (χ3n) is 2.34. The molecule has 0 aromatic heterocycles. The van der Waals surface area contributed by atoms with Crippen LogP contribution >= 0.6 is 0 Å². The topological polar surface area (TPSA) is 52.3 Å². The number of benzene rings is 1. The van der Waals surface area contributed by atoms with Crippen molar-refractivity contribution < 1.29 is 9.53 Å². The van der Waals surface area contributed by atoms with Gasteiger partial charge in [-0.3, -0.25) is 4.79 Å². The van der Waals surface area contributed by atoms with Gasteiger partial charge >= 0.3 is 5.97 Å². The number of carbonyl (C=O) groups excluding carboxylic acids is 1. The Labute approximate surface area is 96.6 Å². The van der Waals surface area contributed by atoms with Gasteiger partial charge in [0.25, 0.3) is 0 Å². The predicted octanol–water partition coefficient (Wildman–Crippen LogP) is 1.90. The molecule has 0 heterocycles.